The van der Waals surface area contributed by atoms with Gasteiger partial charge in [0.25, 0.3) is 0 Å². The van der Waals surface area contributed by atoms with Crippen molar-refractivity contribution in [1.82, 2.24) is 5.32 Å². The Morgan fingerprint density at radius 1 is 1.56 bits per heavy atom. The first-order valence-electron chi connectivity index (χ1n) is 3.41. The van der Waals surface area contributed by atoms with Crippen molar-refractivity contribution < 1.29 is 4.48 Å². The molecule has 1 heterocycles. The van der Waals surface area contributed by atoms with Crippen molar-refractivity contribution in [2.45, 2.75) is 19.9 Å². The number of hydrogen-bond acceptors (Lipinski definition) is 1. The molecule has 0 spiro atoms. The molecule has 0 radical (unpaired) electrons. The Morgan fingerprint density at radius 2 is 2.22 bits per heavy atom. The lowest BCUT2D eigenvalue weighted by Gasteiger charge is -2.29. The van der Waals surface area contributed by atoms with E-state index in [-0.39, 0.29) is 0 Å². The topological polar surface area (TPSA) is 12.0 Å². The standard InChI is InChI=1S/C7H15N2/c1-7(2)9(3)5-4-8-6-9/h4-5,7-8H,6H2,1-3H3/q+1. The number of nitrogens with one attached hydrogen (secondary N) is 1. The quantitative estimate of drug-likeness (QED) is 0.515. The highest BCUT2D eigenvalue weighted by atomic mass is 15.4. The van der Waals surface area contributed by atoms with E-state index in [4.69, 9.17) is 0 Å². The van der Waals surface area contributed by atoms with Crippen LogP contribution >= 0.6 is 0 Å². The molecule has 0 aliphatic carbocycles. The molecule has 2 nitrogen and oxygen atoms in total. The predicted octanol–water partition coefficient (Wildman–Crippen LogP) is 0.873. The monoisotopic (exact) mass is 127 g/mol. The normalized spacial score (nSPS) is 33.3. The van der Waals surface area contributed by atoms with Crippen LogP contribution in [0.5, 0.6) is 0 Å². The van der Waals surface area contributed by atoms with Crippen LogP contribution < -0.4 is 5.32 Å². The Labute approximate surface area is 56.8 Å². The maximum Gasteiger partial charge on any atom is 0.156 e. The fourth-order valence-corrected chi connectivity index (χ4v) is 0.880. The maximum atomic E-state index is 3.19. The zero-order valence-corrected chi connectivity index (χ0v) is 6.39. The molecule has 1 N–H and O–H groups in total. The smallest absolute Gasteiger partial charge is 0.156 e. The molecule has 1 aliphatic rings. The lowest BCUT2D eigenvalue weighted by atomic mass is 10.3. The van der Waals surface area contributed by atoms with E-state index in [9.17, 15) is 0 Å². The molecule has 0 saturated heterocycles. The summed E-state index contributed by atoms with van der Waals surface area (Å²) < 4.78 is 1.01. The summed E-state index contributed by atoms with van der Waals surface area (Å²) in [5.74, 6) is 0. The molecule has 9 heavy (non-hydrogen) atoms. The molecule has 0 bridgehead atoms. The molecule has 2 heteroatoms. The largest absolute Gasteiger partial charge is 0.340 e. The Kier molecular flexibility index (Phi) is 1.49. The average Bonchev–Trinajstić information content (AvgIpc) is 2.16. The molecular formula is C7H15N2+. The summed E-state index contributed by atoms with van der Waals surface area (Å²) in [6.45, 7) is 5.51. The molecule has 0 saturated carbocycles. The molecule has 0 amide bonds. The van der Waals surface area contributed by atoms with Gasteiger partial charge in [0.2, 0.25) is 0 Å². The highest BCUT2D eigenvalue weighted by Crippen LogP contribution is 2.12. The van der Waals surface area contributed by atoms with Crippen molar-refractivity contribution in [2.24, 2.45) is 0 Å². The van der Waals surface area contributed by atoms with Crippen LogP contribution in [0.1, 0.15) is 13.8 Å². The van der Waals surface area contributed by atoms with Gasteiger partial charge in [-0.15, -0.1) is 0 Å². The van der Waals surface area contributed by atoms with Gasteiger partial charge in [0.1, 0.15) is 6.20 Å². The van der Waals surface area contributed by atoms with Gasteiger partial charge in [-0.05, 0) is 13.8 Å². The second-order valence-electron chi connectivity index (χ2n) is 3.12. The first kappa shape index (κ1) is 6.62. The summed E-state index contributed by atoms with van der Waals surface area (Å²) in [7, 11) is 2.22. The van der Waals surface area contributed by atoms with Crippen LogP contribution in [-0.4, -0.2) is 24.2 Å². The minimum absolute atomic E-state index is 0.677. The first-order chi connectivity index (χ1) is 4.15. The van der Waals surface area contributed by atoms with Gasteiger partial charge in [-0.3, -0.25) is 4.48 Å². The van der Waals surface area contributed by atoms with Crippen LogP contribution in [0.4, 0.5) is 0 Å². The van der Waals surface area contributed by atoms with Crippen LogP contribution in [0.3, 0.4) is 0 Å². The van der Waals surface area contributed by atoms with Crippen LogP contribution in [0, 0.1) is 0 Å². The van der Waals surface area contributed by atoms with Crippen LogP contribution in [0.25, 0.3) is 0 Å². The third-order valence-corrected chi connectivity index (χ3v) is 2.14. The molecule has 52 valence electrons. The highest BCUT2D eigenvalue weighted by Gasteiger charge is 2.25. The third-order valence-electron chi connectivity index (χ3n) is 2.14. The molecule has 1 atom stereocenters. The second-order valence-corrected chi connectivity index (χ2v) is 3.12. The van der Waals surface area contributed by atoms with E-state index in [1.807, 2.05) is 6.20 Å². The van der Waals surface area contributed by atoms with Gasteiger partial charge < -0.3 is 5.32 Å². The Hall–Kier alpha value is -0.500. The van der Waals surface area contributed by atoms with Crippen LogP contribution in [0.15, 0.2) is 12.4 Å². The zero-order chi connectivity index (χ0) is 6.91. The van der Waals surface area contributed by atoms with E-state index in [1.54, 1.807) is 0 Å². The summed E-state index contributed by atoms with van der Waals surface area (Å²) in [4.78, 5) is 0. The minimum Gasteiger partial charge on any atom is -0.340 e. The highest BCUT2D eigenvalue weighted by molar-refractivity contribution is 4.77. The van der Waals surface area contributed by atoms with Crippen molar-refractivity contribution >= 4 is 0 Å². The maximum absolute atomic E-state index is 3.19. The van der Waals surface area contributed by atoms with Gasteiger partial charge in [-0.1, -0.05) is 0 Å². The summed E-state index contributed by atoms with van der Waals surface area (Å²) >= 11 is 0. The molecule has 1 unspecified atom stereocenters. The Bertz CT molecular complexity index is 129. The lowest BCUT2D eigenvalue weighted by Crippen LogP contribution is -2.45. The number of hydrogen-bond donors (Lipinski definition) is 1. The number of quaternary nitrogens is 1. The average molecular weight is 127 g/mol. The molecule has 0 aromatic heterocycles. The van der Waals surface area contributed by atoms with E-state index in [0.29, 0.717) is 6.04 Å². The van der Waals surface area contributed by atoms with Crippen molar-refractivity contribution in [1.29, 1.82) is 0 Å². The van der Waals surface area contributed by atoms with E-state index >= 15 is 0 Å². The molecule has 0 aromatic carbocycles. The first-order valence-corrected chi connectivity index (χ1v) is 3.41. The molecule has 0 fully saturated rings. The third kappa shape index (κ3) is 1.08. The predicted molar refractivity (Wildman–Crippen MR) is 38.5 cm³/mol. The Balaban J connectivity index is 2.62. The fraction of sp³-hybridized carbons (Fsp3) is 0.714. The molecule has 0 aromatic rings. The summed E-state index contributed by atoms with van der Waals surface area (Å²) in [5, 5.41) is 3.19. The zero-order valence-electron chi connectivity index (χ0n) is 6.39. The summed E-state index contributed by atoms with van der Waals surface area (Å²) in [6, 6.07) is 0.677. The van der Waals surface area contributed by atoms with E-state index in [2.05, 4.69) is 32.4 Å². The van der Waals surface area contributed by atoms with Gasteiger partial charge in [0.15, 0.2) is 6.67 Å². The van der Waals surface area contributed by atoms with E-state index < -0.39 is 0 Å². The molecular weight excluding hydrogens is 112 g/mol. The van der Waals surface area contributed by atoms with Gasteiger partial charge in [-0.2, -0.15) is 0 Å². The summed E-state index contributed by atoms with van der Waals surface area (Å²) in [6.07, 6.45) is 4.23. The second kappa shape index (κ2) is 2.03. The Morgan fingerprint density at radius 3 is 2.44 bits per heavy atom. The molecule has 1 rings (SSSR count). The van der Waals surface area contributed by atoms with Gasteiger partial charge in [0.05, 0.1) is 19.3 Å². The van der Waals surface area contributed by atoms with E-state index in [1.165, 1.54) is 0 Å². The van der Waals surface area contributed by atoms with Gasteiger partial charge in [-0.25, -0.2) is 0 Å². The lowest BCUT2D eigenvalue weighted by molar-refractivity contribution is -0.877. The van der Waals surface area contributed by atoms with Crippen molar-refractivity contribution in [3.05, 3.63) is 12.4 Å². The van der Waals surface area contributed by atoms with E-state index in [0.717, 1.165) is 11.2 Å². The molecule has 1 aliphatic heterocycles. The van der Waals surface area contributed by atoms with Gasteiger partial charge >= 0.3 is 0 Å². The van der Waals surface area contributed by atoms with Crippen molar-refractivity contribution in [3.63, 3.8) is 0 Å². The SMILES string of the molecule is CC(C)[N+]1(C)C=CNC1. The van der Waals surface area contributed by atoms with Crippen molar-refractivity contribution in [3.8, 4) is 0 Å². The van der Waals surface area contributed by atoms with Crippen LogP contribution in [0.2, 0.25) is 0 Å². The van der Waals surface area contributed by atoms with Gasteiger partial charge in [0, 0.05) is 0 Å². The van der Waals surface area contributed by atoms with Crippen molar-refractivity contribution in [2.75, 3.05) is 13.7 Å². The fourth-order valence-electron chi connectivity index (χ4n) is 0.880. The van der Waals surface area contributed by atoms with Crippen LogP contribution in [-0.2, 0) is 0 Å². The number of nitrogens with zero attached hydrogens (tertiary/aromatic N) is 1. The number of rotatable bonds is 1. The minimum atomic E-state index is 0.677. The summed E-state index contributed by atoms with van der Waals surface area (Å²) in [5.41, 5.74) is 0.